The van der Waals surface area contributed by atoms with Crippen LogP contribution in [0.4, 0.5) is 17.1 Å². The molecule has 1 aromatic heterocycles. The molecule has 10 aromatic rings. The highest BCUT2D eigenvalue weighted by Gasteiger charge is 2.18. The highest BCUT2D eigenvalue weighted by Crippen LogP contribution is 2.43. The topological polar surface area (TPSA) is 16.4 Å². The van der Waals surface area contributed by atoms with E-state index in [1.807, 2.05) is 0 Å². The second kappa shape index (κ2) is 12.5. The monoisotopic (exact) mass is 663 g/mol. The van der Waals surface area contributed by atoms with Gasteiger partial charge in [-0.3, -0.25) is 0 Å². The molecule has 0 atom stereocenters. The van der Waals surface area contributed by atoms with Gasteiger partial charge < -0.3 is 9.32 Å². The van der Waals surface area contributed by atoms with Crippen LogP contribution in [0.5, 0.6) is 0 Å². The maximum atomic E-state index is 6.30. The van der Waals surface area contributed by atoms with Crippen LogP contribution < -0.4 is 4.90 Å². The minimum Gasteiger partial charge on any atom is -0.456 e. The van der Waals surface area contributed by atoms with Crippen molar-refractivity contribution < 1.29 is 4.42 Å². The van der Waals surface area contributed by atoms with Crippen LogP contribution in [-0.2, 0) is 0 Å². The zero-order valence-electron chi connectivity index (χ0n) is 28.4. The van der Waals surface area contributed by atoms with Crippen molar-refractivity contribution in [1.82, 2.24) is 0 Å². The Kier molecular flexibility index (Phi) is 7.18. The van der Waals surface area contributed by atoms with Crippen molar-refractivity contribution in [2.75, 3.05) is 4.90 Å². The fourth-order valence-electron chi connectivity index (χ4n) is 7.74. The Labute approximate surface area is 302 Å². The van der Waals surface area contributed by atoms with E-state index in [0.717, 1.165) is 44.7 Å². The third kappa shape index (κ3) is 5.12. The van der Waals surface area contributed by atoms with E-state index < -0.39 is 0 Å². The average Bonchev–Trinajstić information content (AvgIpc) is 3.61. The normalized spacial score (nSPS) is 11.5. The van der Waals surface area contributed by atoms with E-state index in [-0.39, 0.29) is 0 Å². The lowest BCUT2D eigenvalue weighted by Crippen LogP contribution is -2.10. The first kappa shape index (κ1) is 30.0. The Balaban J connectivity index is 1.10. The predicted molar refractivity (Wildman–Crippen MR) is 220 cm³/mol. The second-order valence-corrected chi connectivity index (χ2v) is 13.3. The number of furan rings is 1. The quantitative estimate of drug-likeness (QED) is 0.176. The first-order valence-electron chi connectivity index (χ1n) is 17.8. The van der Waals surface area contributed by atoms with Gasteiger partial charge in [0.25, 0.3) is 0 Å². The van der Waals surface area contributed by atoms with Crippen molar-refractivity contribution in [1.29, 1.82) is 0 Å². The molecule has 0 radical (unpaired) electrons. The van der Waals surface area contributed by atoms with Crippen LogP contribution in [0.2, 0.25) is 0 Å². The summed E-state index contributed by atoms with van der Waals surface area (Å²) >= 11 is 0. The zero-order valence-corrected chi connectivity index (χ0v) is 28.4. The van der Waals surface area contributed by atoms with Gasteiger partial charge in [0.05, 0.1) is 5.69 Å². The number of benzene rings is 9. The van der Waals surface area contributed by atoms with Crippen molar-refractivity contribution in [2.24, 2.45) is 0 Å². The van der Waals surface area contributed by atoms with Crippen molar-refractivity contribution in [3.63, 3.8) is 0 Å². The van der Waals surface area contributed by atoms with E-state index in [4.69, 9.17) is 4.42 Å². The summed E-state index contributed by atoms with van der Waals surface area (Å²) in [5, 5.41) is 7.16. The van der Waals surface area contributed by atoms with Crippen LogP contribution in [0.15, 0.2) is 205 Å². The number of rotatable bonds is 6. The summed E-state index contributed by atoms with van der Waals surface area (Å²) in [6, 6.07) is 71.7. The number of fused-ring (bicyclic) bond motifs is 6. The van der Waals surface area contributed by atoms with Crippen LogP contribution in [0.1, 0.15) is 0 Å². The molecule has 1 heterocycles. The lowest BCUT2D eigenvalue weighted by Gasteiger charge is -2.28. The van der Waals surface area contributed by atoms with Gasteiger partial charge in [-0.05, 0) is 98.1 Å². The summed E-state index contributed by atoms with van der Waals surface area (Å²) in [6.45, 7) is 0. The van der Waals surface area contributed by atoms with Gasteiger partial charge in [-0.25, -0.2) is 0 Å². The maximum absolute atomic E-state index is 6.30. The molecule has 0 bridgehead atoms. The van der Waals surface area contributed by atoms with Crippen LogP contribution in [0.3, 0.4) is 0 Å². The largest absolute Gasteiger partial charge is 0.456 e. The van der Waals surface area contributed by atoms with E-state index in [0.29, 0.717) is 0 Å². The van der Waals surface area contributed by atoms with Crippen molar-refractivity contribution in [2.45, 2.75) is 0 Å². The fourth-order valence-corrected chi connectivity index (χ4v) is 7.74. The van der Waals surface area contributed by atoms with Gasteiger partial charge in [0.15, 0.2) is 0 Å². The number of hydrogen-bond acceptors (Lipinski definition) is 2. The summed E-state index contributed by atoms with van der Waals surface area (Å²) in [6.07, 6.45) is 0. The molecule has 2 nitrogen and oxygen atoms in total. The molecule has 244 valence electrons. The fraction of sp³-hybridized carbons (Fsp3) is 0. The molecule has 0 N–H and O–H groups in total. The molecule has 0 aliphatic rings. The molecule has 52 heavy (non-hydrogen) atoms. The Bertz CT molecular complexity index is 2870. The Morgan fingerprint density at radius 1 is 0.327 bits per heavy atom. The molecule has 0 aliphatic carbocycles. The third-order valence-corrected chi connectivity index (χ3v) is 10.3. The van der Waals surface area contributed by atoms with E-state index in [9.17, 15) is 0 Å². The lowest BCUT2D eigenvalue weighted by atomic mass is 9.96. The number of anilines is 3. The smallest absolute Gasteiger partial charge is 0.136 e. The summed E-state index contributed by atoms with van der Waals surface area (Å²) in [5.41, 5.74) is 12.3. The standard InChI is InChI=1S/C50H33NO/c1-3-11-34(12-4-1)35-19-25-40(26-20-35)51(47-30-29-42(37-13-5-2-6-14-37)44-17-9-10-18-45(44)47)41-27-21-36(22-28-41)39-24-31-48-46(33-39)50-43-16-8-7-15-38(43)23-32-49(50)52-48/h1-33H. The maximum Gasteiger partial charge on any atom is 0.136 e. The number of hydrogen-bond donors (Lipinski definition) is 0. The molecule has 0 spiro atoms. The van der Waals surface area contributed by atoms with Gasteiger partial charge in [0, 0.05) is 27.5 Å². The minimum atomic E-state index is 0.905. The summed E-state index contributed by atoms with van der Waals surface area (Å²) in [4.78, 5) is 2.38. The van der Waals surface area contributed by atoms with E-state index in [2.05, 4.69) is 205 Å². The Morgan fingerprint density at radius 3 is 1.58 bits per heavy atom. The first-order valence-corrected chi connectivity index (χ1v) is 17.8. The lowest BCUT2D eigenvalue weighted by molar-refractivity contribution is 0.669. The van der Waals surface area contributed by atoms with Crippen molar-refractivity contribution in [3.8, 4) is 33.4 Å². The van der Waals surface area contributed by atoms with E-state index in [1.54, 1.807) is 0 Å². The van der Waals surface area contributed by atoms with E-state index >= 15 is 0 Å². The van der Waals surface area contributed by atoms with Crippen LogP contribution in [-0.4, -0.2) is 0 Å². The van der Waals surface area contributed by atoms with Crippen molar-refractivity contribution in [3.05, 3.63) is 200 Å². The highest BCUT2D eigenvalue weighted by molar-refractivity contribution is 6.19. The van der Waals surface area contributed by atoms with Crippen molar-refractivity contribution >= 4 is 60.5 Å². The molecule has 2 heteroatoms. The number of nitrogens with zero attached hydrogens (tertiary/aromatic N) is 1. The predicted octanol–water partition coefficient (Wildman–Crippen LogP) is 14.4. The molecule has 9 aromatic carbocycles. The molecule has 0 aliphatic heterocycles. The Morgan fingerprint density at radius 2 is 0.865 bits per heavy atom. The van der Waals surface area contributed by atoms with E-state index in [1.165, 1.54) is 49.2 Å². The highest BCUT2D eigenvalue weighted by atomic mass is 16.3. The second-order valence-electron chi connectivity index (χ2n) is 13.3. The zero-order chi connectivity index (χ0) is 34.4. The molecule has 10 rings (SSSR count). The van der Waals surface area contributed by atoms with Gasteiger partial charge in [-0.1, -0.05) is 152 Å². The Hall–Kier alpha value is -6.90. The summed E-state index contributed by atoms with van der Waals surface area (Å²) in [5.74, 6) is 0. The summed E-state index contributed by atoms with van der Waals surface area (Å²) in [7, 11) is 0. The average molecular weight is 664 g/mol. The molecule has 0 amide bonds. The van der Waals surface area contributed by atoms with Gasteiger partial charge >= 0.3 is 0 Å². The van der Waals surface area contributed by atoms with Gasteiger partial charge in [-0.2, -0.15) is 0 Å². The molecule has 0 saturated carbocycles. The third-order valence-electron chi connectivity index (χ3n) is 10.3. The molecular weight excluding hydrogens is 631 g/mol. The minimum absolute atomic E-state index is 0.905. The molecule has 0 saturated heterocycles. The van der Waals surface area contributed by atoms with Crippen LogP contribution in [0, 0.1) is 0 Å². The van der Waals surface area contributed by atoms with Gasteiger partial charge in [0.1, 0.15) is 11.2 Å². The summed E-state index contributed by atoms with van der Waals surface area (Å²) < 4.78 is 6.30. The van der Waals surface area contributed by atoms with Crippen LogP contribution in [0.25, 0.3) is 76.9 Å². The molecular formula is C50H33NO. The van der Waals surface area contributed by atoms with Gasteiger partial charge in [-0.15, -0.1) is 0 Å². The van der Waals surface area contributed by atoms with Gasteiger partial charge in [0.2, 0.25) is 0 Å². The SMILES string of the molecule is c1ccc(-c2ccc(N(c3ccc(-c4ccc5oc6ccc7ccccc7c6c5c4)cc3)c3ccc(-c4ccccc4)c4ccccc34)cc2)cc1. The molecule has 0 unspecified atom stereocenters. The molecule has 0 fully saturated rings. The van der Waals surface area contributed by atoms with Crippen LogP contribution >= 0.6 is 0 Å². The first-order chi connectivity index (χ1) is 25.8.